The smallest absolute Gasteiger partial charge is 0.326 e. The second-order valence-electron chi connectivity index (χ2n) is 5.29. The summed E-state index contributed by atoms with van der Waals surface area (Å²) in [5, 5.41) is 16.9. The van der Waals surface area contributed by atoms with Crippen LogP contribution in [0, 0.1) is 0 Å². The second-order valence-corrected chi connectivity index (χ2v) is 7.41. The number of nitrogens with two attached hydrogens (primary N) is 1. The van der Waals surface area contributed by atoms with Crippen molar-refractivity contribution in [3.05, 3.63) is 11.1 Å². The lowest BCUT2D eigenvalue weighted by Crippen LogP contribution is -2.74. The number of carbonyl (C=O) groups excluding carboxylic acids is 2. The van der Waals surface area contributed by atoms with Crippen LogP contribution < -0.4 is 11.1 Å². The van der Waals surface area contributed by atoms with Gasteiger partial charge in [-0.1, -0.05) is 5.16 Å². The van der Waals surface area contributed by atoms with Gasteiger partial charge in [0, 0.05) is 5.38 Å². The van der Waals surface area contributed by atoms with Gasteiger partial charge in [-0.2, -0.15) is 0 Å². The zero-order valence-corrected chi connectivity index (χ0v) is 14.7. The number of aromatic nitrogens is 1. The van der Waals surface area contributed by atoms with Crippen molar-refractivity contribution in [3.8, 4) is 0 Å². The van der Waals surface area contributed by atoms with E-state index in [1.54, 1.807) is 5.38 Å². The fourth-order valence-corrected chi connectivity index (χ4v) is 4.65. The fraction of sp³-hybridized carbons (Fsp3) is 0.462. The van der Waals surface area contributed by atoms with Crippen LogP contribution in [0.2, 0.25) is 0 Å². The first-order valence-corrected chi connectivity index (χ1v) is 9.17. The summed E-state index contributed by atoms with van der Waals surface area (Å²) >= 11 is 2.58. The number of anilines is 1. The van der Waals surface area contributed by atoms with E-state index in [9.17, 15) is 19.5 Å². The summed E-state index contributed by atoms with van der Waals surface area (Å²) in [4.78, 5) is 46.0. The maximum Gasteiger partial charge on any atom is 0.326 e. The van der Waals surface area contributed by atoms with Crippen molar-refractivity contribution in [2.24, 2.45) is 5.16 Å². The Labute approximate surface area is 150 Å². The molecule has 25 heavy (non-hydrogen) atoms. The molecule has 2 amide bonds. The van der Waals surface area contributed by atoms with Gasteiger partial charge in [0.1, 0.15) is 30.3 Å². The predicted molar refractivity (Wildman–Crippen MR) is 91.1 cm³/mol. The van der Waals surface area contributed by atoms with Gasteiger partial charge >= 0.3 is 5.97 Å². The van der Waals surface area contributed by atoms with Gasteiger partial charge in [0.2, 0.25) is 5.91 Å². The van der Waals surface area contributed by atoms with E-state index in [1.165, 1.54) is 23.8 Å². The third-order valence-corrected chi connectivity index (χ3v) is 5.82. The minimum Gasteiger partial charge on any atom is -0.480 e. The van der Waals surface area contributed by atoms with E-state index in [0.717, 1.165) is 11.3 Å². The SMILES string of the molecule is CO/N=C(/C(=O)N[C@H]1C(=O)N2C(C(=O)O)CCS[C@@H]12)c1csc(N)n1. The van der Waals surface area contributed by atoms with Gasteiger partial charge in [0.05, 0.1) is 0 Å². The van der Waals surface area contributed by atoms with Gasteiger partial charge in [0.15, 0.2) is 10.8 Å². The molecule has 2 saturated heterocycles. The largest absolute Gasteiger partial charge is 0.480 e. The number of β-lactam (4-membered cyclic amide) rings is 1. The average Bonchev–Trinajstić information content (AvgIpc) is 3.02. The number of thiazole rings is 1. The number of nitrogen functional groups attached to an aromatic ring is 1. The summed E-state index contributed by atoms with van der Waals surface area (Å²) in [6, 6.07) is -1.66. The second kappa shape index (κ2) is 6.88. The molecule has 2 aliphatic heterocycles. The van der Waals surface area contributed by atoms with Crippen LogP contribution >= 0.6 is 23.1 Å². The molecule has 1 unspecified atom stereocenters. The number of hydrogen-bond donors (Lipinski definition) is 3. The van der Waals surface area contributed by atoms with Crippen molar-refractivity contribution in [2.75, 3.05) is 18.6 Å². The number of aliphatic carboxylic acids is 1. The number of carboxylic acids is 1. The molecule has 0 spiro atoms. The van der Waals surface area contributed by atoms with Crippen LogP contribution in [-0.4, -0.2) is 68.8 Å². The van der Waals surface area contributed by atoms with E-state index in [0.29, 0.717) is 12.2 Å². The number of rotatable bonds is 5. The first-order valence-electron chi connectivity index (χ1n) is 7.24. The Morgan fingerprint density at radius 2 is 2.32 bits per heavy atom. The lowest BCUT2D eigenvalue weighted by molar-refractivity contribution is -0.162. The Hall–Kier alpha value is -2.34. The molecule has 0 aliphatic carbocycles. The lowest BCUT2D eigenvalue weighted by atomic mass is 10.0. The molecule has 2 aliphatic rings. The molecule has 3 heterocycles. The minimum atomic E-state index is -1.04. The van der Waals surface area contributed by atoms with E-state index >= 15 is 0 Å². The Balaban J connectivity index is 1.73. The average molecular weight is 385 g/mol. The van der Waals surface area contributed by atoms with E-state index < -0.39 is 35.2 Å². The number of nitrogens with one attached hydrogen (secondary N) is 1. The molecular weight excluding hydrogens is 370 g/mol. The summed E-state index contributed by atoms with van der Waals surface area (Å²) in [6.45, 7) is 0. The van der Waals surface area contributed by atoms with Gasteiger partial charge < -0.3 is 25.9 Å². The summed E-state index contributed by atoms with van der Waals surface area (Å²) in [7, 11) is 1.29. The maximum absolute atomic E-state index is 12.5. The number of nitrogens with zero attached hydrogens (tertiary/aromatic N) is 3. The predicted octanol–water partition coefficient (Wildman–Crippen LogP) is -0.681. The van der Waals surface area contributed by atoms with Crippen molar-refractivity contribution >= 4 is 51.7 Å². The summed E-state index contributed by atoms with van der Waals surface area (Å²) in [5.74, 6) is -1.50. The van der Waals surface area contributed by atoms with Crippen molar-refractivity contribution in [2.45, 2.75) is 23.9 Å². The number of oxime groups is 1. The standard InChI is InChI=1S/C13H15N5O5S2/c1-23-17-7(5-4-25-13(14)15-5)9(19)16-8-10(20)18-6(12(21)22)2-3-24-11(8)18/h4,6,8,11H,2-3H2,1H3,(H2,14,15)(H,16,19)(H,21,22)/b17-7+/t6?,8-,11-/m0/s1. The van der Waals surface area contributed by atoms with Crippen molar-refractivity contribution in [1.82, 2.24) is 15.2 Å². The molecule has 4 N–H and O–H groups in total. The van der Waals surface area contributed by atoms with Crippen LogP contribution in [0.15, 0.2) is 10.5 Å². The highest BCUT2D eigenvalue weighted by Gasteiger charge is 2.55. The molecule has 3 atom stereocenters. The molecule has 0 saturated carbocycles. The van der Waals surface area contributed by atoms with E-state index in [2.05, 4.69) is 20.3 Å². The summed E-state index contributed by atoms with van der Waals surface area (Å²) < 4.78 is 0. The quantitative estimate of drug-likeness (QED) is 0.343. The number of fused-ring (bicyclic) bond motifs is 1. The first kappa shape index (κ1) is 17.5. The number of hydrogen-bond acceptors (Lipinski definition) is 9. The van der Waals surface area contributed by atoms with Crippen LogP contribution in [0.4, 0.5) is 5.13 Å². The Morgan fingerprint density at radius 1 is 1.56 bits per heavy atom. The molecule has 1 aromatic heterocycles. The molecule has 0 aromatic carbocycles. The minimum absolute atomic E-state index is 0.0997. The highest BCUT2D eigenvalue weighted by atomic mass is 32.2. The van der Waals surface area contributed by atoms with E-state index in [1.807, 2.05) is 0 Å². The van der Waals surface area contributed by atoms with Gasteiger partial charge in [-0.05, 0) is 12.2 Å². The molecular formula is C13H15N5O5S2. The molecule has 12 heteroatoms. The van der Waals surface area contributed by atoms with Gasteiger partial charge in [0.25, 0.3) is 5.91 Å². The molecule has 0 bridgehead atoms. The molecule has 10 nitrogen and oxygen atoms in total. The van der Waals surface area contributed by atoms with Crippen LogP contribution in [0.1, 0.15) is 12.1 Å². The maximum atomic E-state index is 12.5. The molecule has 134 valence electrons. The van der Waals surface area contributed by atoms with Crippen LogP contribution in [0.5, 0.6) is 0 Å². The monoisotopic (exact) mass is 385 g/mol. The van der Waals surface area contributed by atoms with Crippen LogP contribution in [0.25, 0.3) is 0 Å². The molecule has 1 aromatic rings. The Morgan fingerprint density at radius 3 is 2.92 bits per heavy atom. The van der Waals surface area contributed by atoms with Crippen molar-refractivity contribution in [1.29, 1.82) is 0 Å². The topological polar surface area (TPSA) is 147 Å². The highest BCUT2D eigenvalue weighted by Crippen LogP contribution is 2.38. The van der Waals surface area contributed by atoms with Crippen molar-refractivity contribution < 1.29 is 24.3 Å². The molecule has 2 fully saturated rings. The van der Waals surface area contributed by atoms with Gasteiger partial charge in [-0.15, -0.1) is 23.1 Å². The zero-order chi connectivity index (χ0) is 18.1. The van der Waals surface area contributed by atoms with Crippen LogP contribution in [-0.2, 0) is 19.2 Å². The van der Waals surface area contributed by atoms with Gasteiger partial charge in [-0.25, -0.2) is 9.78 Å². The third kappa shape index (κ3) is 3.14. The number of thioether (sulfide) groups is 1. The Bertz CT molecular complexity index is 751. The Kier molecular flexibility index (Phi) is 4.81. The molecule has 0 radical (unpaired) electrons. The summed E-state index contributed by atoms with van der Waals surface area (Å²) in [6.07, 6.45) is 0.386. The third-order valence-electron chi connectivity index (χ3n) is 3.83. The normalized spacial score (nSPS) is 25.8. The van der Waals surface area contributed by atoms with Crippen molar-refractivity contribution in [3.63, 3.8) is 0 Å². The number of carbonyl (C=O) groups is 3. The fourth-order valence-electron chi connectivity index (χ4n) is 2.71. The summed E-state index contributed by atoms with van der Waals surface area (Å²) in [5.41, 5.74) is 5.71. The molecule has 3 rings (SSSR count). The lowest BCUT2D eigenvalue weighted by Gasteiger charge is -2.51. The van der Waals surface area contributed by atoms with E-state index in [-0.39, 0.29) is 16.5 Å². The van der Waals surface area contributed by atoms with Gasteiger partial charge in [-0.3, -0.25) is 9.59 Å². The van der Waals surface area contributed by atoms with Crippen LogP contribution in [0.3, 0.4) is 0 Å². The van der Waals surface area contributed by atoms with E-state index in [4.69, 9.17) is 5.73 Å². The zero-order valence-electron chi connectivity index (χ0n) is 13.0. The number of amides is 2. The number of carboxylic acid groups (broad SMARTS) is 1. The highest BCUT2D eigenvalue weighted by molar-refractivity contribution is 8.00. The first-order chi connectivity index (χ1) is 11.9.